The van der Waals surface area contributed by atoms with Gasteiger partial charge < -0.3 is 23.6 Å². The third-order valence-corrected chi connectivity index (χ3v) is 6.63. The highest BCUT2D eigenvalue weighted by atomic mass is 16.5. The number of nitrogens with zero attached hydrogens (tertiary/aromatic N) is 3. The summed E-state index contributed by atoms with van der Waals surface area (Å²) in [6, 6.07) is 12.1. The van der Waals surface area contributed by atoms with E-state index in [1.807, 2.05) is 21.7 Å². The quantitative estimate of drug-likeness (QED) is 0.552. The molecule has 1 saturated heterocycles. The number of carbonyl (C=O) groups is 1. The number of benzene rings is 1. The lowest BCUT2D eigenvalue weighted by atomic mass is 9.83. The van der Waals surface area contributed by atoms with Crippen molar-refractivity contribution in [3.63, 3.8) is 0 Å². The summed E-state index contributed by atoms with van der Waals surface area (Å²) in [7, 11) is 0. The Hall–Kier alpha value is -3.32. The van der Waals surface area contributed by atoms with Crippen molar-refractivity contribution >= 4 is 16.8 Å². The average Bonchev–Trinajstić information content (AvgIpc) is 3.55. The van der Waals surface area contributed by atoms with Crippen LogP contribution in [0.4, 0.5) is 0 Å². The number of hydrogen-bond acceptors (Lipinski definition) is 4. The number of para-hydroxylation sites is 1. The van der Waals surface area contributed by atoms with Crippen LogP contribution >= 0.6 is 0 Å². The minimum atomic E-state index is -0.334. The summed E-state index contributed by atoms with van der Waals surface area (Å²) in [6.07, 6.45) is 7.82. The number of aromatic nitrogens is 3. The standard InChI is InChI=1S/C24H24N4O3/c29-23(21-6-5-17(31-21)15-27-13-10-25-16-27)28-11-8-24(9-12-28)22-19(7-14-30-24)18-3-1-2-4-20(18)26-22/h1-6,10,13,16,26H,7-9,11-12,14-15H2. The summed E-state index contributed by atoms with van der Waals surface area (Å²) >= 11 is 0. The monoisotopic (exact) mass is 416 g/mol. The fourth-order valence-electron chi connectivity index (χ4n) is 5.03. The molecule has 2 aliphatic rings. The van der Waals surface area contributed by atoms with Gasteiger partial charge >= 0.3 is 0 Å². The highest BCUT2D eigenvalue weighted by Gasteiger charge is 2.43. The van der Waals surface area contributed by atoms with Gasteiger partial charge in [-0.1, -0.05) is 18.2 Å². The molecule has 3 aromatic heterocycles. The summed E-state index contributed by atoms with van der Waals surface area (Å²) in [5.41, 5.74) is 3.40. The van der Waals surface area contributed by atoms with Crippen LogP contribution in [0.15, 0.2) is 59.5 Å². The molecule has 0 radical (unpaired) electrons. The second kappa shape index (κ2) is 7.13. The van der Waals surface area contributed by atoms with E-state index in [0.29, 0.717) is 25.4 Å². The number of carbonyl (C=O) groups excluding carboxylic acids is 1. The first-order chi connectivity index (χ1) is 15.2. The van der Waals surface area contributed by atoms with Crippen LogP contribution in [0.1, 0.15) is 40.4 Å². The number of rotatable bonds is 3. The molecule has 0 atom stereocenters. The Morgan fingerprint density at radius 2 is 2.03 bits per heavy atom. The van der Waals surface area contributed by atoms with Crippen molar-refractivity contribution in [1.82, 2.24) is 19.4 Å². The van der Waals surface area contributed by atoms with E-state index in [0.717, 1.165) is 37.1 Å². The highest BCUT2D eigenvalue weighted by Crippen LogP contribution is 2.43. The molecule has 6 rings (SSSR count). The number of piperidine rings is 1. The molecule has 7 heteroatoms. The second-order valence-electron chi connectivity index (χ2n) is 8.41. The van der Waals surface area contributed by atoms with Crippen LogP contribution in [0.2, 0.25) is 0 Å². The highest BCUT2D eigenvalue weighted by molar-refractivity contribution is 5.91. The zero-order valence-corrected chi connectivity index (χ0v) is 17.2. The van der Waals surface area contributed by atoms with Gasteiger partial charge in [0.15, 0.2) is 5.76 Å². The van der Waals surface area contributed by atoms with Gasteiger partial charge in [-0.3, -0.25) is 4.79 Å². The predicted molar refractivity (Wildman–Crippen MR) is 115 cm³/mol. The van der Waals surface area contributed by atoms with Gasteiger partial charge in [-0.15, -0.1) is 0 Å². The van der Waals surface area contributed by atoms with Crippen LogP contribution in [0.3, 0.4) is 0 Å². The number of ether oxygens (including phenoxy) is 1. The Balaban J connectivity index is 1.19. The summed E-state index contributed by atoms with van der Waals surface area (Å²) < 4.78 is 14.1. The number of H-pyrrole nitrogens is 1. The molecule has 1 spiro atoms. The van der Waals surface area contributed by atoms with Crippen molar-refractivity contribution in [2.45, 2.75) is 31.4 Å². The van der Waals surface area contributed by atoms with Crippen molar-refractivity contribution in [2.75, 3.05) is 19.7 Å². The van der Waals surface area contributed by atoms with Crippen LogP contribution in [0, 0.1) is 0 Å². The molecule has 2 aliphatic heterocycles. The van der Waals surface area contributed by atoms with Crippen LogP contribution in [0.5, 0.6) is 0 Å². The van der Waals surface area contributed by atoms with E-state index < -0.39 is 0 Å². The molecular formula is C24H24N4O3. The van der Waals surface area contributed by atoms with Gasteiger partial charge in [0.2, 0.25) is 0 Å². The van der Waals surface area contributed by atoms with Gasteiger partial charge in [0.25, 0.3) is 5.91 Å². The zero-order chi connectivity index (χ0) is 20.8. The minimum absolute atomic E-state index is 0.0561. The van der Waals surface area contributed by atoms with Gasteiger partial charge in [-0.25, -0.2) is 4.98 Å². The molecule has 0 saturated carbocycles. The maximum atomic E-state index is 13.0. The molecule has 31 heavy (non-hydrogen) atoms. The molecular weight excluding hydrogens is 392 g/mol. The maximum Gasteiger partial charge on any atom is 0.289 e. The predicted octanol–water partition coefficient (Wildman–Crippen LogP) is 3.71. The number of imidazole rings is 1. The maximum absolute atomic E-state index is 13.0. The summed E-state index contributed by atoms with van der Waals surface area (Å²) in [6.45, 7) is 2.57. The van der Waals surface area contributed by atoms with E-state index in [9.17, 15) is 4.79 Å². The summed E-state index contributed by atoms with van der Waals surface area (Å²) in [5, 5.41) is 1.29. The van der Waals surface area contributed by atoms with Gasteiger partial charge in [-0.05, 0) is 43.0 Å². The Labute approximate surface area is 179 Å². The van der Waals surface area contributed by atoms with Crippen LogP contribution in [-0.4, -0.2) is 45.0 Å². The van der Waals surface area contributed by atoms with Gasteiger partial charge in [0, 0.05) is 36.4 Å². The van der Waals surface area contributed by atoms with E-state index in [4.69, 9.17) is 9.15 Å². The number of likely N-dealkylation sites (tertiary alicyclic amines) is 1. The number of hydrogen-bond donors (Lipinski definition) is 1. The molecule has 0 aliphatic carbocycles. The number of fused-ring (bicyclic) bond motifs is 4. The molecule has 0 unspecified atom stereocenters. The topological polar surface area (TPSA) is 76.3 Å². The summed E-state index contributed by atoms with van der Waals surface area (Å²) in [4.78, 5) is 22.6. The van der Waals surface area contributed by atoms with Gasteiger partial charge in [0.05, 0.1) is 25.2 Å². The number of amides is 1. The van der Waals surface area contributed by atoms with Crippen LogP contribution in [0.25, 0.3) is 10.9 Å². The van der Waals surface area contributed by atoms with E-state index in [1.165, 1.54) is 16.6 Å². The number of furan rings is 1. The molecule has 4 aromatic rings. The third-order valence-electron chi connectivity index (χ3n) is 6.63. The molecule has 7 nitrogen and oxygen atoms in total. The first-order valence-electron chi connectivity index (χ1n) is 10.8. The lowest BCUT2D eigenvalue weighted by Crippen LogP contribution is -2.48. The molecule has 1 N–H and O–H groups in total. The lowest BCUT2D eigenvalue weighted by Gasteiger charge is -2.43. The second-order valence-corrected chi connectivity index (χ2v) is 8.41. The van der Waals surface area contributed by atoms with Crippen LogP contribution < -0.4 is 0 Å². The smallest absolute Gasteiger partial charge is 0.289 e. The van der Waals surface area contributed by atoms with Crippen molar-refractivity contribution in [1.29, 1.82) is 0 Å². The first-order valence-corrected chi connectivity index (χ1v) is 10.8. The van der Waals surface area contributed by atoms with E-state index in [1.54, 1.807) is 18.6 Å². The molecule has 158 valence electrons. The SMILES string of the molecule is O=C(c1ccc(Cn2ccnc2)o1)N1CCC2(CC1)OCCc1c2[nH]c2ccccc12. The Morgan fingerprint density at radius 3 is 2.87 bits per heavy atom. The normalized spacial score (nSPS) is 17.9. The zero-order valence-electron chi connectivity index (χ0n) is 17.2. The molecule has 5 heterocycles. The van der Waals surface area contributed by atoms with E-state index in [-0.39, 0.29) is 11.5 Å². The Kier molecular flexibility index (Phi) is 4.24. The number of aromatic amines is 1. The fourth-order valence-corrected chi connectivity index (χ4v) is 5.03. The molecule has 1 fully saturated rings. The lowest BCUT2D eigenvalue weighted by molar-refractivity contribution is -0.0959. The Bertz CT molecular complexity index is 1230. The number of nitrogens with one attached hydrogen (secondary N) is 1. The van der Waals surface area contributed by atoms with Crippen LogP contribution in [-0.2, 0) is 23.3 Å². The average molecular weight is 416 g/mol. The van der Waals surface area contributed by atoms with Gasteiger partial charge in [-0.2, -0.15) is 0 Å². The van der Waals surface area contributed by atoms with Crippen molar-refractivity contribution in [3.8, 4) is 0 Å². The fraction of sp³-hybridized carbons (Fsp3) is 0.333. The third kappa shape index (κ3) is 3.08. The molecule has 1 amide bonds. The van der Waals surface area contributed by atoms with Gasteiger partial charge in [0.1, 0.15) is 11.4 Å². The molecule has 0 bridgehead atoms. The van der Waals surface area contributed by atoms with Crippen molar-refractivity contribution in [2.24, 2.45) is 0 Å². The minimum Gasteiger partial charge on any atom is -0.454 e. The van der Waals surface area contributed by atoms with Crippen molar-refractivity contribution < 1.29 is 13.9 Å². The van der Waals surface area contributed by atoms with E-state index in [2.05, 4.69) is 34.2 Å². The first kappa shape index (κ1) is 18.4. The Morgan fingerprint density at radius 1 is 1.16 bits per heavy atom. The summed E-state index contributed by atoms with van der Waals surface area (Å²) in [5.74, 6) is 1.08. The van der Waals surface area contributed by atoms with E-state index >= 15 is 0 Å². The van der Waals surface area contributed by atoms with Crippen molar-refractivity contribution in [3.05, 3.63) is 77.9 Å². The largest absolute Gasteiger partial charge is 0.454 e. The molecule has 1 aromatic carbocycles.